The van der Waals surface area contributed by atoms with Gasteiger partial charge in [0.05, 0.1) is 19.8 Å². The molecule has 0 radical (unpaired) electrons. The van der Waals surface area contributed by atoms with Crippen LogP contribution in [0.25, 0.3) is 10.8 Å². The summed E-state index contributed by atoms with van der Waals surface area (Å²) in [5.74, 6) is 0.0297. The van der Waals surface area contributed by atoms with Gasteiger partial charge in [-0.3, -0.25) is 9.48 Å². The van der Waals surface area contributed by atoms with Gasteiger partial charge < -0.3 is 15.0 Å². The molecular formula is C26H30N4O2. The Morgan fingerprint density at radius 3 is 2.84 bits per heavy atom. The highest BCUT2D eigenvalue weighted by molar-refractivity contribution is 5.94. The number of nitrogens with one attached hydrogen (secondary N) is 1. The van der Waals surface area contributed by atoms with Gasteiger partial charge in [-0.05, 0) is 35.6 Å². The zero-order valence-corrected chi connectivity index (χ0v) is 18.4. The average Bonchev–Trinajstić information content (AvgIpc) is 3.20. The summed E-state index contributed by atoms with van der Waals surface area (Å²) < 4.78 is 7.39. The molecule has 1 amide bonds. The summed E-state index contributed by atoms with van der Waals surface area (Å²) in [5.41, 5.74) is 4.20. The molecule has 2 aromatic carbocycles. The summed E-state index contributed by atoms with van der Waals surface area (Å²) in [6.45, 7) is 7.76. The van der Waals surface area contributed by atoms with Crippen molar-refractivity contribution < 1.29 is 9.53 Å². The minimum absolute atomic E-state index is 0.0297. The summed E-state index contributed by atoms with van der Waals surface area (Å²) >= 11 is 0. The number of nitrogens with zero attached hydrogens (tertiary/aromatic N) is 3. The van der Waals surface area contributed by atoms with E-state index in [9.17, 15) is 4.79 Å². The Morgan fingerprint density at radius 1 is 1.19 bits per heavy atom. The van der Waals surface area contributed by atoms with Crippen molar-refractivity contribution in [3.8, 4) is 0 Å². The largest absolute Gasteiger partial charge is 0.378 e. The zero-order valence-electron chi connectivity index (χ0n) is 18.4. The second-order valence-electron chi connectivity index (χ2n) is 8.61. The van der Waals surface area contributed by atoms with Crippen molar-refractivity contribution in [3.63, 3.8) is 0 Å². The second-order valence-corrected chi connectivity index (χ2v) is 8.61. The summed E-state index contributed by atoms with van der Waals surface area (Å²) in [6.07, 6.45) is 4.62. The predicted octanol–water partition coefficient (Wildman–Crippen LogP) is 3.34. The number of aromatic nitrogens is 2. The van der Waals surface area contributed by atoms with Gasteiger partial charge >= 0.3 is 0 Å². The molecule has 1 aliphatic heterocycles. The zero-order chi connectivity index (χ0) is 21.9. The van der Waals surface area contributed by atoms with Crippen molar-refractivity contribution in [2.45, 2.75) is 38.4 Å². The number of allylic oxidation sites excluding steroid dienone is 1. The molecule has 1 aromatic heterocycles. The van der Waals surface area contributed by atoms with Gasteiger partial charge in [0.1, 0.15) is 0 Å². The van der Waals surface area contributed by atoms with Crippen LogP contribution in [-0.4, -0.2) is 52.9 Å². The van der Waals surface area contributed by atoms with Gasteiger partial charge in [0.15, 0.2) is 5.69 Å². The Bertz CT molecular complexity index is 1120. The summed E-state index contributed by atoms with van der Waals surface area (Å²) in [7, 11) is 0. The lowest BCUT2D eigenvalue weighted by Gasteiger charge is -2.28. The number of hydrogen-bond acceptors (Lipinski definition) is 4. The fourth-order valence-electron chi connectivity index (χ4n) is 4.92. The highest BCUT2D eigenvalue weighted by Crippen LogP contribution is 2.27. The van der Waals surface area contributed by atoms with Crippen LogP contribution in [0.1, 0.15) is 33.7 Å². The van der Waals surface area contributed by atoms with Gasteiger partial charge in [-0.15, -0.1) is 6.58 Å². The van der Waals surface area contributed by atoms with Crippen molar-refractivity contribution in [1.82, 2.24) is 20.0 Å². The Kier molecular flexibility index (Phi) is 6.06. The molecule has 32 heavy (non-hydrogen) atoms. The number of morpholine rings is 1. The third-order valence-corrected chi connectivity index (χ3v) is 6.61. The number of amides is 1. The maximum absolute atomic E-state index is 13.3. The number of benzene rings is 2. The molecule has 1 N–H and O–H groups in total. The van der Waals surface area contributed by atoms with Crippen molar-refractivity contribution in [1.29, 1.82) is 0 Å². The molecule has 3 aromatic rings. The third kappa shape index (κ3) is 4.08. The van der Waals surface area contributed by atoms with Crippen LogP contribution in [0.15, 0.2) is 55.1 Å². The van der Waals surface area contributed by atoms with E-state index >= 15 is 0 Å². The van der Waals surface area contributed by atoms with Crippen LogP contribution in [0, 0.1) is 0 Å². The molecule has 0 unspecified atom stereocenters. The van der Waals surface area contributed by atoms with Crippen LogP contribution < -0.4 is 5.32 Å². The number of ether oxygens (including phenoxy) is 1. The lowest BCUT2D eigenvalue weighted by atomic mass is 9.90. The smallest absolute Gasteiger partial charge is 0.274 e. The van der Waals surface area contributed by atoms with Crippen molar-refractivity contribution >= 4 is 16.7 Å². The number of carbonyl (C=O) groups is 1. The number of carbonyl (C=O) groups excluding carboxylic acids is 1. The van der Waals surface area contributed by atoms with Gasteiger partial charge in [0, 0.05) is 36.9 Å². The number of rotatable bonds is 6. The predicted molar refractivity (Wildman–Crippen MR) is 126 cm³/mol. The SMILES string of the molecule is C=CCn1nc(C(=O)N2CCOCC2)c2c1CC[C@@H](NCc1cccc3ccccc13)C2. The van der Waals surface area contributed by atoms with Gasteiger partial charge in [0.25, 0.3) is 5.91 Å². The summed E-state index contributed by atoms with van der Waals surface area (Å²) in [5, 5.41) is 11.0. The average molecular weight is 431 g/mol. The fourth-order valence-corrected chi connectivity index (χ4v) is 4.92. The van der Waals surface area contributed by atoms with Crippen LogP contribution in [-0.2, 0) is 30.7 Å². The van der Waals surface area contributed by atoms with E-state index in [4.69, 9.17) is 9.84 Å². The van der Waals surface area contributed by atoms with Crippen LogP contribution in [0.5, 0.6) is 0 Å². The molecule has 1 fully saturated rings. The van der Waals surface area contributed by atoms with Crippen molar-refractivity contribution in [2.24, 2.45) is 0 Å². The van der Waals surface area contributed by atoms with Crippen molar-refractivity contribution in [2.75, 3.05) is 26.3 Å². The molecule has 2 aliphatic rings. The first-order valence-corrected chi connectivity index (χ1v) is 11.5. The topological polar surface area (TPSA) is 59.4 Å². The molecule has 5 rings (SSSR count). The van der Waals surface area contributed by atoms with Crippen LogP contribution in [0.3, 0.4) is 0 Å². The van der Waals surface area contributed by atoms with E-state index in [1.807, 2.05) is 15.7 Å². The molecule has 1 saturated heterocycles. The maximum Gasteiger partial charge on any atom is 0.274 e. The quantitative estimate of drug-likeness (QED) is 0.610. The van der Waals surface area contributed by atoms with E-state index < -0.39 is 0 Å². The molecule has 0 spiro atoms. The first-order valence-electron chi connectivity index (χ1n) is 11.5. The van der Waals surface area contributed by atoms with Crippen LogP contribution >= 0.6 is 0 Å². The molecule has 6 nitrogen and oxygen atoms in total. The van der Waals surface area contributed by atoms with Gasteiger partial charge in [-0.1, -0.05) is 48.5 Å². The van der Waals surface area contributed by atoms with E-state index in [1.54, 1.807) is 0 Å². The standard InChI is InChI=1S/C26H30N4O2/c1-2-12-30-24-11-10-21(27-18-20-8-5-7-19-6-3-4-9-22(19)20)17-23(24)25(28-30)26(31)29-13-15-32-16-14-29/h2-9,21,27H,1,10-18H2/t21-/m1/s1. The molecule has 2 heterocycles. The number of fused-ring (bicyclic) bond motifs is 2. The highest BCUT2D eigenvalue weighted by atomic mass is 16.5. The third-order valence-electron chi connectivity index (χ3n) is 6.61. The molecule has 6 heteroatoms. The van der Waals surface area contributed by atoms with E-state index in [0.29, 0.717) is 44.6 Å². The Labute approximate surface area is 188 Å². The van der Waals surface area contributed by atoms with E-state index in [1.165, 1.54) is 22.0 Å². The first-order chi connectivity index (χ1) is 15.7. The monoisotopic (exact) mass is 430 g/mol. The Balaban J connectivity index is 1.36. The Hall–Kier alpha value is -2.96. The van der Waals surface area contributed by atoms with Crippen LogP contribution in [0.2, 0.25) is 0 Å². The minimum Gasteiger partial charge on any atom is -0.378 e. The molecular weight excluding hydrogens is 400 g/mol. The Morgan fingerprint density at radius 2 is 2.00 bits per heavy atom. The van der Waals surface area contributed by atoms with E-state index in [0.717, 1.165) is 31.4 Å². The minimum atomic E-state index is 0.0297. The first kappa shape index (κ1) is 20.9. The second kappa shape index (κ2) is 9.27. The molecule has 166 valence electrons. The normalized spacial score (nSPS) is 18.5. The lowest BCUT2D eigenvalue weighted by molar-refractivity contribution is 0.0297. The number of hydrogen-bond donors (Lipinski definition) is 1. The summed E-state index contributed by atoms with van der Waals surface area (Å²) in [4.78, 5) is 15.1. The van der Waals surface area contributed by atoms with E-state index in [-0.39, 0.29) is 5.91 Å². The highest BCUT2D eigenvalue weighted by Gasteiger charge is 2.31. The van der Waals surface area contributed by atoms with Gasteiger partial charge in [-0.2, -0.15) is 5.10 Å². The molecule has 0 saturated carbocycles. The maximum atomic E-state index is 13.3. The van der Waals surface area contributed by atoms with E-state index in [2.05, 4.69) is 54.4 Å². The van der Waals surface area contributed by atoms with Crippen molar-refractivity contribution in [3.05, 3.63) is 77.6 Å². The lowest BCUT2D eigenvalue weighted by Crippen LogP contribution is -2.41. The van der Waals surface area contributed by atoms with Crippen LogP contribution in [0.4, 0.5) is 0 Å². The molecule has 1 aliphatic carbocycles. The van der Waals surface area contributed by atoms with Gasteiger partial charge in [0.2, 0.25) is 0 Å². The molecule has 1 atom stereocenters. The fraction of sp³-hybridized carbons (Fsp3) is 0.385. The molecule has 0 bridgehead atoms. The summed E-state index contributed by atoms with van der Waals surface area (Å²) in [6, 6.07) is 15.3. The van der Waals surface area contributed by atoms with Gasteiger partial charge in [-0.25, -0.2) is 0 Å².